The number of aryl methyl sites for hydroxylation is 2. The number of fused-ring (bicyclic) bond motifs is 1. The SMILES string of the molecule is CCn1c(C)nc2cc(C(C)N)ccc21. The summed E-state index contributed by atoms with van der Waals surface area (Å²) in [4.78, 5) is 4.53. The average Bonchev–Trinajstić information content (AvgIpc) is 2.51. The van der Waals surface area contributed by atoms with E-state index in [0.29, 0.717) is 0 Å². The van der Waals surface area contributed by atoms with Gasteiger partial charge in [0.25, 0.3) is 0 Å². The highest BCUT2D eigenvalue weighted by Gasteiger charge is 2.07. The van der Waals surface area contributed by atoms with Crippen LogP contribution >= 0.6 is 0 Å². The molecule has 1 heterocycles. The number of hydrogen-bond acceptors (Lipinski definition) is 2. The number of benzene rings is 1. The van der Waals surface area contributed by atoms with Crippen molar-refractivity contribution in [3.05, 3.63) is 29.6 Å². The Labute approximate surface area is 89.9 Å². The van der Waals surface area contributed by atoms with Crippen LogP contribution in [0.2, 0.25) is 0 Å². The number of rotatable bonds is 2. The standard InChI is InChI=1S/C12H17N3/c1-4-15-9(3)14-11-7-10(8(2)13)5-6-12(11)15/h5-8H,4,13H2,1-3H3. The van der Waals surface area contributed by atoms with Crippen LogP contribution in [0.1, 0.15) is 31.3 Å². The lowest BCUT2D eigenvalue weighted by molar-refractivity contribution is 0.753. The van der Waals surface area contributed by atoms with E-state index in [-0.39, 0.29) is 6.04 Å². The Balaban J connectivity index is 2.64. The van der Waals surface area contributed by atoms with E-state index in [2.05, 4.69) is 34.7 Å². The molecule has 80 valence electrons. The molecule has 1 aromatic carbocycles. The van der Waals surface area contributed by atoms with Gasteiger partial charge in [-0.2, -0.15) is 0 Å². The minimum absolute atomic E-state index is 0.0708. The maximum Gasteiger partial charge on any atom is 0.106 e. The van der Waals surface area contributed by atoms with Crippen LogP contribution in [-0.2, 0) is 6.54 Å². The fourth-order valence-electron chi connectivity index (χ4n) is 1.95. The molecular formula is C12H17N3. The summed E-state index contributed by atoms with van der Waals surface area (Å²) in [5.41, 5.74) is 9.23. The second kappa shape index (κ2) is 3.66. The molecule has 0 amide bonds. The fraction of sp³-hybridized carbons (Fsp3) is 0.417. The van der Waals surface area contributed by atoms with Crippen molar-refractivity contribution in [2.75, 3.05) is 0 Å². The molecule has 0 radical (unpaired) electrons. The first-order valence-electron chi connectivity index (χ1n) is 5.36. The smallest absolute Gasteiger partial charge is 0.106 e. The van der Waals surface area contributed by atoms with E-state index < -0.39 is 0 Å². The van der Waals surface area contributed by atoms with Gasteiger partial charge in [0, 0.05) is 12.6 Å². The number of imidazole rings is 1. The summed E-state index contributed by atoms with van der Waals surface area (Å²) in [5, 5.41) is 0. The van der Waals surface area contributed by atoms with Crippen LogP contribution in [0.5, 0.6) is 0 Å². The van der Waals surface area contributed by atoms with Crippen molar-refractivity contribution in [1.82, 2.24) is 9.55 Å². The third-order valence-electron chi connectivity index (χ3n) is 2.81. The van der Waals surface area contributed by atoms with E-state index >= 15 is 0 Å². The molecule has 1 unspecified atom stereocenters. The summed E-state index contributed by atoms with van der Waals surface area (Å²) >= 11 is 0. The molecule has 0 bridgehead atoms. The molecule has 15 heavy (non-hydrogen) atoms. The first-order chi connectivity index (χ1) is 7.13. The summed E-state index contributed by atoms with van der Waals surface area (Å²) in [5.74, 6) is 1.06. The highest BCUT2D eigenvalue weighted by Crippen LogP contribution is 2.20. The monoisotopic (exact) mass is 203 g/mol. The van der Waals surface area contributed by atoms with Crippen molar-refractivity contribution in [3.8, 4) is 0 Å². The molecule has 1 atom stereocenters. The lowest BCUT2D eigenvalue weighted by Crippen LogP contribution is -2.04. The number of hydrogen-bond donors (Lipinski definition) is 1. The van der Waals surface area contributed by atoms with Gasteiger partial charge in [0.15, 0.2) is 0 Å². The fourth-order valence-corrected chi connectivity index (χ4v) is 1.95. The second-order valence-corrected chi connectivity index (χ2v) is 3.94. The lowest BCUT2D eigenvalue weighted by Gasteiger charge is -2.05. The molecule has 2 N–H and O–H groups in total. The Morgan fingerprint density at radius 3 is 2.80 bits per heavy atom. The Hall–Kier alpha value is -1.35. The topological polar surface area (TPSA) is 43.8 Å². The van der Waals surface area contributed by atoms with Gasteiger partial charge in [0.2, 0.25) is 0 Å². The van der Waals surface area contributed by atoms with Crippen LogP contribution in [0.3, 0.4) is 0 Å². The van der Waals surface area contributed by atoms with Crippen LogP contribution in [-0.4, -0.2) is 9.55 Å². The first-order valence-corrected chi connectivity index (χ1v) is 5.36. The van der Waals surface area contributed by atoms with Crippen molar-refractivity contribution in [2.45, 2.75) is 33.4 Å². The minimum atomic E-state index is 0.0708. The highest BCUT2D eigenvalue weighted by molar-refractivity contribution is 5.77. The van der Waals surface area contributed by atoms with Crippen molar-refractivity contribution in [3.63, 3.8) is 0 Å². The van der Waals surface area contributed by atoms with Crippen LogP contribution in [0.4, 0.5) is 0 Å². The second-order valence-electron chi connectivity index (χ2n) is 3.94. The lowest BCUT2D eigenvalue weighted by atomic mass is 10.1. The van der Waals surface area contributed by atoms with Crippen LogP contribution in [0.15, 0.2) is 18.2 Å². The number of nitrogens with zero attached hydrogens (tertiary/aromatic N) is 2. The highest BCUT2D eigenvalue weighted by atomic mass is 15.1. The van der Waals surface area contributed by atoms with Gasteiger partial charge in [0.05, 0.1) is 11.0 Å². The third kappa shape index (κ3) is 1.63. The van der Waals surface area contributed by atoms with Gasteiger partial charge in [0.1, 0.15) is 5.82 Å². The van der Waals surface area contributed by atoms with Gasteiger partial charge < -0.3 is 10.3 Å². The van der Waals surface area contributed by atoms with Gasteiger partial charge >= 0.3 is 0 Å². The molecule has 0 aliphatic heterocycles. The predicted molar refractivity (Wildman–Crippen MR) is 62.7 cm³/mol. The molecule has 0 saturated carbocycles. The van der Waals surface area contributed by atoms with Crippen molar-refractivity contribution in [2.24, 2.45) is 5.73 Å². The maximum absolute atomic E-state index is 5.85. The van der Waals surface area contributed by atoms with Crippen LogP contribution in [0.25, 0.3) is 11.0 Å². The Morgan fingerprint density at radius 1 is 1.47 bits per heavy atom. The van der Waals surface area contributed by atoms with Crippen LogP contribution in [0, 0.1) is 6.92 Å². The quantitative estimate of drug-likeness (QED) is 0.814. The predicted octanol–water partition coefficient (Wildman–Crippen LogP) is 2.38. The van der Waals surface area contributed by atoms with E-state index in [0.717, 1.165) is 23.4 Å². The summed E-state index contributed by atoms with van der Waals surface area (Å²) in [6.07, 6.45) is 0. The zero-order valence-corrected chi connectivity index (χ0v) is 9.49. The van der Waals surface area contributed by atoms with Crippen molar-refractivity contribution in [1.29, 1.82) is 0 Å². The first kappa shape index (κ1) is 10.2. The average molecular weight is 203 g/mol. The molecule has 3 heteroatoms. The van der Waals surface area contributed by atoms with Gasteiger partial charge in [-0.15, -0.1) is 0 Å². The molecule has 1 aromatic heterocycles. The van der Waals surface area contributed by atoms with Crippen LogP contribution < -0.4 is 5.73 Å². The summed E-state index contributed by atoms with van der Waals surface area (Å²) in [6.45, 7) is 7.12. The summed E-state index contributed by atoms with van der Waals surface area (Å²) < 4.78 is 2.21. The number of nitrogens with two attached hydrogens (primary N) is 1. The zero-order chi connectivity index (χ0) is 11.0. The maximum atomic E-state index is 5.85. The summed E-state index contributed by atoms with van der Waals surface area (Å²) in [6, 6.07) is 6.35. The Morgan fingerprint density at radius 2 is 2.20 bits per heavy atom. The molecule has 0 saturated heterocycles. The normalized spacial score (nSPS) is 13.3. The van der Waals surface area contributed by atoms with E-state index in [1.54, 1.807) is 0 Å². The zero-order valence-electron chi connectivity index (χ0n) is 9.49. The molecular weight excluding hydrogens is 186 g/mol. The molecule has 0 aliphatic rings. The van der Waals surface area contributed by atoms with Gasteiger partial charge in [-0.3, -0.25) is 0 Å². The molecule has 2 aromatic rings. The van der Waals surface area contributed by atoms with Gasteiger partial charge in [-0.05, 0) is 38.5 Å². The van der Waals surface area contributed by atoms with Crippen molar-refractivity contribution >= 4 is 11.0 Å². The molecule has 0 fully saturated rings. The van der Waals surface area contributed by atoms with Gasteiger partial charge in [-0.1, -0.05) is 6.07 Å². The van der Waals surface area contributed by atoms with Gasteiger partial charge in [-0.25, -0.2) is 4.98 Å². The Bertz CT molecular complexity index is 483. The Kier molecular flexibility index (Phi) is 2.49. The van der Waals surface area contributed by atoms with E-state index in [1.165, 1.54) is 5.52 Å². The number of aromatic nitrogens is 2. The third-order valence-corrected chi connectivity index (χ3v) is 2.81. The minimum Gasteiger partial charge on any atom is -0.329 e. The molecule has 0 spiro atoms. The molecule has 0 aliphatic carbocycles. The molecule has 2 rings (SSSR count). The largest absolute Gasteiger partial charge is 0.329 e. The van der Waals surface area contributed by atoms with Crippen molar-refractivity contribution < 1.29 is 0 Å². The molecule has 3 nitrogen and oxygen atoms in total. The van der Waals surface area contributed by atoms with E-state index in [1.807, 2.05) is 13.8 Å². The summed E-state index contributed by atoms with van der Waals surface area (Å²) in [7, 11) is 0. The van der Waals surface area contributed by atoms with E-state index in [9.17, 15) is 0 Å². The van der Waals surface area contributed by atoms with E-state index in [4.69, 9.17) is 5.73 Å².